The maximum absolute atomic E-state index is 13.5. The van der Waals surface area contributed by atoms with Crippen LogP contribution in [0, 0.1) is 6.92 Å². The average Bonchev–Trinajstić information content (AvgIpc) is 3.44. The summed E-state index contributed by atoms with van der Waals surface area (Å²) < 4.78 is 40.5. The van der Waals surface area contributed by atoms with Crippen molar-refractivity contribution in [1.82, 2.24) is 9.97 Å². The van der Waals surface area contributed by atoms with E-state index in [1.165, 1.54) is 30.5 Å². The van der Waals surface area contributed by atoms with Crippen LogP contribution in [0.5, 0.6) is 0 Å². The number of halogens is 4. The molecule has 3 N–H and O–H groups in total. The van der Waals surface area contributed by atoms with Gasteiger partial charge in [0.05, 0.1) is 22.0 Å². The lowest BCUT2D eigenvalue weighted by molar-refractivity contribution is -0.160. The number of hydrogen-bond donors (Lipinski definition) is 2. The molecule has 0 atom stereocenters. The van der Waals surface area contributed by atoms with Crippen molar-refractivity contribution in [2.24, 2.45) is 5.73 Å². The van der Waals surface area contributed by atoms with Crippen molar-refractivity contribution in [3.05, 3.63) is 62.5 Å². The minimum atomic E-state index is -4.37. The first-order valence-corrected chi connectivity index (χ1v) is 9.12. The molecule has 150 valence electrons. The molecule has 1 saturated carbocycles. The SMILES string of the molecule is Cc1cc(C2(C(F)(F)F)CC2)c(Cl)cc1-c1cc(=O)c2c(C(N)=O)nccc2[nH]1. The topological polar surface area (TPSA) is 88.8 Å². The van der Waals surface area contributed by atoms with Gasteiger partial charge in [0.15, 0.2) is 5.43 Å². The van der Waals surface area contributed by atoms with Gasteiger partial charge in [-0.15, -0.1) is 0 Å². The molecule has 1 aromatic carbocycles. The van der Waals surface area contributed by atoms with Crippen LogP contribution < -0.4 is 11.2 Å². The number of nitrogens with zero attached hydrogens (tertiary/aromatic N) is 1. The molecular weight excluding hydrogens is 407 g/mol. The normalized spacial score (nSPS) is 15.5. The number of pyridine rings is 2. The van der Waals surface area contributed by atoms with Crippen LogP contribution in [0.3, 0.4) is 0 Å². The summed E-state index contributed by atoms with van der Waals surface area (Å²) in [6.07, 6.45) is -3.03. The molecule has 1 fully saturated rings. The molecular formula is C20H15ClF3N3O2. The van der Waals surface area contributed by atoms with Crippen molar-refractivity contribution in [2.75, 3.05) is 0 Å². The van der Waals surface area contributed by atoms with Crippen LogP contribution in [0.15, 0.2) is 35.3 Å². The van der Waals surface area contributed by atoms with Crippen molar-refractivity contribution >= 4 is 28.4 Å². The zero-order valence-corrected chi connectivity index (χ0v) is 15.9. The first-order valence-electron chi connectivity index (χ1n) is 8.75. The van der Waals surface area contributed by atoms with Crippen LogP contribution in [0.1, 0.15) is 34.5 Å². The van der Waals surface area contributed by atoms with Gasteiger partial charge in [-0.1, -0.05) is 17.7 Å². The Morgan fingerprint density at radius 3 is 2.55 bits per heavy atom. The number of fused-ring (bicyclic) bond motifs is 1. The molecule has 1 amide bonds. The van der Waals surface area contributed by atoms with E-state index in [-0.39, 0.29) is 34.5 Å². The lowest BCUT2D eigenvalue weighted by Crippen LogP contribution is -2.29. The molecule has 0 radical (unpaired) electrons. The van der Waals surface area contributed by atoms with Gasteiger partial charge in [0.1, 0.15) is 5.69 Å². The molecule has 3 aromatic rings. The van der Waals surface area contributed by atoms with E-state index in [0.29, 0.717) is 22.3 Å². The second kappa shape index (κ2) is 6.32. The Morgan fingerprint density at radius 2 is 1.97 bits per heavy atom. The molecule has 1 aliphatic carbocycles. The number of amides is 1. The summed E-state index contributed by atoms with van der Waals surface area (Å²) in [6, 6.07) is 5.64. The second-order valence-corrected chi connectivity index (χ2v) is 7.63. The maximum atomic E-state index is 13.5. The number of benzene rings is 1. The number of nitrogens with one attached hydrogen (secondary N) is 1. The number of nitrogens with two attached hydrogens (primary N) is 1. The molecule has 0 saturated heterocycles. The van der Waals surface area contributed by atoms with Gasteiger partial charge in [0.25, 0.3) is 5.91 Å². The largest absolute Gasteiger partial charge is 0.398 e. The Kier molecular flexibility index (Phi) is 4.24. The Labute approximate surface area is 167 Å². The Balaban J connectivity index is 1.88. The molecule has 0 spiro atoms. The molecule has 2 heterocycles. The lowest BCUT2D eigenvalue weighted by atomic mass is 9.91. The number of aromatic nitrogens is 2. The summed E-state index contributed by atoms with van der Waals surface area (Å²) >= 11 is 6.24. The smallest absolute Gasteiger partial charge is 0.364 e. The van der Waals surface area contributed by atoms with Crippen molar-refractivity contribution in [3.63, 3.8) is 0 Å². The summed E-state index contributed by atoms with van der Waals surface area (Å²) in [4.78, 5) is 31.0. The number of H-pyrrole nitrogens is 1. The van der Waals surface area contributed by atoms with Gasteiger partial charge in [-0.25, -0.2) is 0 Å². The minimum Gasteiger partial charge on any atom is -0.364 e. The molecule has 4 rings (SSSR count). The summed E-state index contributed by atoms with van der Waals surface area (Å²) in [5.74, 6) is -0.834. The monoisotopic (exact) mass is 421 g/mol. The van der Waals surface area contributed by atoms with E-state index < -0.39 is 22.9 Å². The molecule has 1 aliphatic rings. The van der Waals surface area contributed by atoms with E-state index in [9.17, 15) is 22.8 Å². The van der Waals surface area contributed by atoms with Crippen LogP contribution >= 0.6 is 11.6 Å². The van der Waals surface area contributed by atoms with Gasteiger partial charge in [-0.3, -0.25) is 14.6 Å². The fourth-order valence-corrected chi connectivity index (χ4v) is 4.05. The third-order valence-electron chi connectivity index (χ3n) is 5.39. The summed E-state index contributed by atoms with van der Waals surface area (Å²) in [6.45, 7) is 1.66. The highest BCUT2D eigenvalue weighted by atomic mass is 35.5. The van der Waals surface area contributed by atoms with Crippen molar-refractivity contribution in [3.8, 4) is 11.3 Å². The second-order valence-electron chi connectivity index (χ2n) is 7.22. The third kappa shape index (κ3) is 2.98. The number of carbonyl (C=O) groups excluding carboxylic acids is 1. The van der Waals surface area contributed by atoms with Gasteiger partial charge in [0.2, 0.25) is 0 Å². The van der Waals surface area contributed by atoms with Crippen molar-refractivity contribution < 1.29 is 18.0 Å². The standard InChI is InChI=1S/C20H15ClF3N3O2/c1-9-6-11(19(3-4-19)20(22,23)24)12(21)7-10(9)14-8-15(28)16-13(27-14)2-5-26-17(16)18(25)29/h2,5-8H,3-4H2,1H3,(H2,25,29)(H,27,28). The van der Waals surface area contributed by atoms with Gasteiger partial charge < -0.3 is 10.7 Å². The quantitative estimate of drug-likeness (QED) is 0.662. The van der Waals surface area contributed by atoms with E-state index >= 15 is 0 Å². The number of aryl methyl sites for hydroxylation is 1. The highest BCUT2D eigenvalue weighted by molar-refractivity contribution is 6.32. The molecule has 2 aromatic heterocycles. The average molecular weight is 422 g/mol. The maximum Gasteiger partial charge on any atom is 0.398 e. The van der Waals surface area contributed by atoms with Gasteiger partial charge in [-0.2, -0.15) is 13.2 Å². The van der Waals surface area contributed by atoms with Crippen molar-refractivity contribution in [1.29, 1.82) is 0 Å². The van der Waals surface area contributed by atoms with E-state index in [4.69, 9.17) is 17.3 Å². The van der Waals surface area contributed by atoms with E-state index in [0.717, 1.165) is 0 Å². The molecule has 0 unspecified atom stereocenters. The minimum absolute atomic E-state index is 0.00467. The predicted molar refractivity (Wildman–Crippen MR) is 103 cm³/mol. The number of primary amides is 1. The van der Waals surface area contributed by atoms with Crippen LogP contribution in [0.25, 0.3) is 22.2 Å². The summed E-state index contributed by atoms with van der Waals surface area (Å²) in [5, 5.41) is 0.0482. The predicted octanol–water partition coefficient (Wildman–Crippen LogP) is 4.24. The first-order chi connectivity index (χ1) is 13.5. The fraction of sp³-hybridized carbons (Fsp3) is 0.250. The zero-order chi connectivity index (χ0) is 21.1. The zero-order valence-electron chi connectivity index (χ0n) is 15.2. The van der Waals surface area contributed by atoms with E-state index in [1.807, 2.05) is 0 Å². The molecule has 29 heavy (non-hydrogen) atoms. The van der Waals surface area contributed by atoms with E-state index in [1.54, 1.807) is 6.92 Å². The number of alkyl halides is 3. The third-order valence-corrected chi connectivity index (χ3v) is 5.70. The van der Waals surface area contributed by atoms with Crippen LogP contribution in [0.2, 0.25) is 5.02 Å². The molecule has 5 nitrogen and oxygen atoms in total. The Bertz CT molecular complexity index is 1230. The molecule has 0 bridgehead atoms. The fourth-order valence-electron chi connectivity index (χ4n) is 3.70. The number of aromatic amines is 1. The summed E-state index contributed by atoms with van der Waals surface area (Å²) in [7, 11) is 0. The number of carbonyl (C=O) groups is 1. The number of hydrogen-bond acceptors (Lipinski definition) is 3. The highest BCUT2D eigenvalue weighted by Gasteiger charge is 2.64. The highest BCUT2D eigenvalue weighted by Crippen LogP contribution is 2.60. The van der Waals surface area contributed by atoms with Crippen molar-refractivity contribution in [2.45, 2.75) is 31.4 Å². The molecule has 0 aliphatic heterocycles. The summed E-state index contributed by atoms with van der Waals surface area (Å²) in [5.41, 5.74) is 4.54. The van der Waals surface area contributed by atoms with Gasteiger partial charge in [0, 0.05) is 22.8 Å². The Hall–Kier alpha value is -2.87. The van der Waals surface area contributed by atoms with E-state index in [2.05, 4.69) is 9.97 Å². The van der Waals surface area contributed by atoms with Gasteiger partial charge in [-0.05, 0) is 43.0 Å². The lowest BCUT2D eigenvalue weighted by Gasteiger charge is -2.22. The van der Waals surface area contributed by atoms with Crippen LogP contribution in [-0.4, -0.2) is 22.1 Å². The molecule has 9 heteroatoms. The van der Waals surface area contributed by atoms with Gasteiger partial charge >= 0.3 is 6.18 Å². The Morgan fingerprint density at radius 1 is 1.28 bits per heavy atom. The van der Waals surface area contributed by atoms with Crippen LogP contribution in [-0.2, 0) is 5.41 Å². The number of rotatable bonds is 3. The van der Waals surface area contributed by atoms with Crippen LogP contribution in [0.4, 0.5) is 13.2 Å². The first kappa shape index (κ1) is 19.4.